The summed E-state index contributed by atoms with van der Waals surface area (Å²) in [6.07, 6.45) is 2.30. The molecule has 0 aromatic heterocycles. The lowest BCUT2D eigenvalue weighted by molar-refractivity contribution is -0.115. The number of likely N-dealkylation sites (tertiary alicyclic amines) is 1. The van der Waals surface area contributed by atoms with Crippen LogP contribution in [0.4, 0.5) is 5.69 Å². The molecule has 1 unspecified atom stereocenters. The lowest BCUT2D eigenvalue weighted by atomic mass is 10.3. The van der Waals surface area contributed by atoms with Gasteiger partial charge < -0.3 is 10.2 Å². The first-order valence-electron chi connectivity index (χ1n) is 6.79. The number of nitrogens with one attached hydrogen (secondary N) is 1. The molecular formula is C14H15Cl3N2OS2. The van der Waals surface area contributed by atoms with Gasteiger partial charge in [0.05, 0.1) is 21.0 Å². The molecule has 0 bridgehead atoms. The molecule has 1 aromatic rings. The van der Waals surface area contributed by atoms with E-state index in [0.29, 0.717) is 20.8 Å². The minimum atomic E-state index is -0.337. The van der Waals surface area contributed by atoms with Gasteiger partial charge in [0.25, 0.3) is 0 Å². The number of rotatable bonds is 3. The Labute approximate surface area is 154 Å². The first kappa shape index (κ1) is 18.1. The number of thiocarbonyl (C=S) groups is 1. The highest BCUT2D eigenvalue weighted by Gasteiger charge is 2.22. The van der Waals surface area contributed by atoms with Gasteiger partial charge in [0.15, 0.2) is 0 Å². The topological polar surface area (TPSA) is 32.3 Å². The maximum atomic E-state index is 12.3. The molecule has 1 atom stereocenters. The quantitative estimate of drug-likeness (QED) is 0.720. The summed E-state index contributed by atoms with van der Waals surface area (Å²) in [5.41, 5.74) is 0.372. The van der Waals surface area contributed by atoms with Crippen LogP contribution in [-0.2, 0) is 4.79 Å². The maximum Gasteiger partial charge on any atom is 0.237 e. The fourth-order valence-electron chi connectivity index (χ4n) is 2.07. The number of anilines is 1. The molecule has 0 aliphatic carbocycles. The van der Waals surface area contributed by atoms with Crippen LogP contribution in [0.15, 0.2) is 12.1 Å². The summed E-state index contributed by atoms with van der Waals surface area (Å²) >= 11 is 24.7. The Balaban J connectivity index is 1.98. The summed E-state index contributed by atoms with van der Waals surface area (Å²) in [6.45, 7) is 3.74. The average Bonchev–Trinajstić information content (AvgIpc) is 2.96. The Hall–Kier alpha value is -0.200. The molecule has 0 saturated carbocycles. The number of amides is 1. The van der Waals surface area contributed by atoms with Crippen molar-refractivity contribution < 1.29 is 4.79 Å². The van der Waals surface area contributed by atoms with Gasteiger partial charge in [-0.1, -0.05) is 58.8 Å². The third kappa shape index (κ3) is 4.65. The second-order valence-electron chi connectivity index (χ2n) is 4.95. The van der Waals surface area contributed by atoms with E-state index in [9.17, 15) is 4.79 Å². The molecule has 1 aliphatic rings. The van der Waals surface area contributed by atoms with Crippen molar-refractivity contribution in [2.75, 3.05) is 18.4 Å². The highest BCUT2D eigenvalue weighted by atomic mass is 35.5. The number of carbonyl (C=O) groups is 1. The average molecular weight is 398 g/mol. The molecule has 1 amide bonds. The van der Waals surface area contributed by atoms with Crippen LogP contribution in [0.2, 0.25) is 15.1 Å². The molecule has 22 heavy (non-hydrogen) atoms. The Kier molecular flexibility index (Phi) is 6.65. The summed E-state index contributed by atoms with van der Waals surface area (Å²) < 4.78 is 0.758. The summed E-state index contributed by atoms with van der Waals surface area (Å²) in [6, 6.07) is 3.08. The molecule has 1 aliphatic heterocycles. The molecule has 3 nitrogen and oxygen atoms in total. The van der Waals surface area contributed by atoms with Crippen molar-refractivity contribution >= 4 is 74.7 Å². The number of benzene rings is 1. The highest BCUT2D eigenvalue weighted by Crippen LogP contribution is 2.34. The van der Waals surface area contributed by atoms with Gasteiger partial charge >= 0.3 is 0 Å². The Bertz CT molecular complexity index is 568. The van der Waals surface area contributed by atoms with Gasteiger partial charge in [0, 0.05) is 18.1 Å². The number of hydrogen-bond acceptors (Lipinski definition) is 3. The number of hydrogen-bond donors (Lipinski definition) is 1. The Morgan fingerprint density at radius 2 is 1.82 bits per heavy atom. The standard InChI is InChI=1S/C14H15Cl3N2OS2/c1-8(22-14(21)19-4-2-3-5-19)13(20)18-12-10(16)6-9(15)7-11(12)17/h6-8H,2-5H2,1H3,(H,18,20). The number of nitrogens with zero attached hydrogens (tertiary/aromatic N) is 1. The van der Waals surface area contributed by atoms with E-state index in [0.717, 1.165) is 30.3 Å². The molecule has 1 N–H and O–H groups in total. The third-order valence-electron chi connectivity index (χ3n) is 3.27. The van der Waals surface area contributed by atoms with E-state index >= 15 is 0 Å². The number of carbonyl (C=O) groups excluding carboxylic acids is 1. The first-order chi connectivity index (χ1) is 10.4. The van der Waals surface area contributed by atoms with E-state index in [4.69, 9.17) is 47.0 Å². The Morgan fingerprint density at radius 1 is 1.27 bits per heavy atom. The van der Waals surface area contributed by atoms with E-state index in [-0.39, 0.29) is 11.2 Å². The van der Waals surface area contributed by atoms with Gasteiger partial charge in [0.1, 0.15) is 4.32 Å². The molecule has 1 heterocycles. The second-order valence-corrected chi connectivity index (χ2v) is 8.18. The van der Waals surface area contributed by atoms with Gasteiger partial charge in [-0.15, -0.1) is 0 Å². The zero-order valence-electron chi connectivity index (χ0n) is 11.9. The number of thioether (sulfide) groups is 1. The van der Waals surface area contributed by atoms with Gasteiger partial charge in [-0.05, 0) is 31.9 Å². The van der Waals surface area contributed by atoms with Crippen molar-refractivity contribution in [1.82, 2.24) is 4.90 Å². The van der Waals surface area contributed by atoms with Crippen molar-refractivity contribution in [2.24, 2.45) is 0 Å². The number of halogens is 3. The van der Waals surface area contributed by atoms with Crippen LogP contribution in [0.25, 0.3) is 0 Å². The van der Waals surface area contributed by atoms with Crippen molar-refractivity contribution in [3.63, 3.8) is 0 Å². The maximum absolute atomic E-state index is 12.3. The predicted molar refractivity (Wildman–Crippen MR) is 101 cm³/mol. The highest BCUT2D eigenvalue weighted by molar-refractivity contribution is 8.23. The lowest BCUT2D eigenvalue weighted by Gasteiger charge is -2.20. The monoisotopic (exact) mass is 396 g/mol. The van der Waals surface area contributed by atoms with Gasteiger partial charge in [-0.2, -0.15) is 0 Å². The zero-order valence-corrected chi connectivity index (χ0v) is 15.8. The van der Waals surface area contributed by atoms with Gasteiger partial charge in [-0.3, -0.25) is 4.79 Å². The van der Waals surface area contributed by atoms with Gasteiger partial charge in [0.2, 0.25) is 5.91 Å². The predicted octanol–water partition coefficient (Wildman–Crippen LogP) is 5.09. The summed E-state index contributed by atoms with van der Waals surface area (Å²) in [5.74, 6) is -0.197. The molecular weight excluding hydrogens is 383 g/mol. The molecule has 1 fully saturated rings. The zero-order chi connectivity index (χ0) is 16.3. The van der Waals surface area contributed by atoms with E-state index < -0.39 is 0 Å². The minimum absolute atomic E-state index is 0.197. The fourth-order valence-corrected chi connectivity index (χ4v) is 4.39. The van der Waals surface area contributed by atoms with Crippen molar-refractivity contribution in [3.8, 4) is 0 Å². The third-order valence-corrected chi connectivity index (χ3v) is 5.65. The van der Waals surface area contributed by atoms with Crippen LogP contribution >= 0.6 is 58.8 Å². The van der Waals surface area contributed by atoms with Crippen LogP contribution in [0.5, 0.6) is 0 Å². The van der Waals surface area contributed by atoms with E-state index in [1.807, 2.05) is 0 Å². The summed E-state index contributed by atoms with van der Waals surface area (Å²) in [7, 11) is 0. The van der Waals surface area contributed by atoms with Crippen LogP contribution in [0.3, 0.4) is 0 Å². The van der Waals surface area contributed by atoms with E-state index in [1.54, 1.807) is 6.92 Å². The molecule has 1 aromatic carbocycles. The SMILES string of the molecule is CC(SC(=S)N1CCCC1)C(=O)Nc1c(Cl)cc(Cl)cc1Cl. The van der Waals surface area contributed by atoms with Crippen molar-refractivity contribution in [2.45, 2.75) is 25.0 Å². The summed E-state index contributed by atoms with van der Waals surface area (Å²) in [5, 5.41) is 3.45. The normalized spacial score (nSPS) is 15.7. The van der Waals surface area contributed by atoms with Gasteiger partial charge in [-0.25, -0.2) is 0 Å². The van der Waals surface area contributed by atoms with E-state index in [1.165, 1.54) is 23.9 Å². The smallest absolute Gasteiger partial charge is 0.237 e. The largest absolute Gasteiger partial charge is 0.358 e. The molecule has 8 heteroatoms. The van der Waals surface area contributed by atoms with E-state index in [2.05, 4.69) is 10.2 Å². The molecule has 0 radical (unpaired) electrons. The summed E-state index contributed by atoms with van der Waals surface area (Å²) in [4.78, 5) is 14.4. The van der Waals surface area contributed by atoms with Crippen LogP contribution in [0.1, 0.15) is 19.8 Å². The molecule has 120 valence electrons. The van der Waals surface area contributed by atoms with Crippen molar-refractivity contribution in [1.29, 1.82) is 0 Å². The van der Waals surface area contributed by atoms with Crippen LogP contribution < -0.4 is 5.32 Å². The van der Waals surface area contributed by atoms with Crippen LogP contribution in [-0.4, -0.2) is 33.5 Å². The minimum Gasteiger partial charge on any atom is -0.358 e. The lowest BCUT2D eigenvalue weighted by Crippen LogP contribution is -2.29. The van der Waals surface area contributed by atoms with Crippen LogP contribution in [0, 0.1) is 0 Å². The first-order valence-corrected chi connectivity index (χ1v) is 9.21. The van der Waals surface area contributed by atoms with Crippen molar-refractivity contribution in [3.05, 3.63) is 27.2 Å². The molecule has 2 rings (SSSR count). The second kappa shape index (κ2) is 8.06. The Morgan fingerprint density at radius 3 is 2.36 bits per heavy atom. The molecule has 1 saturated heterocycles. The fraction of sp³-hybridized carbons (Fsp3) is 0.429. The molecule has 0 spiro atoms.